The fourth-order valence-corrected chi connectivity index (χ4v) is 1.41. The van der Waals surface area contributed by atoms with Gasteiger partial charge in [-0.2, -0.15) is 0 Å². The Labute approximate surface area is 83.0 Å². The van der Waals surface area contributed by atoms with Crippen LogP contribution in [0.1, 0.15) is 13.8 Å². The lowest BCUT2D eigenvalue weighted by Crippen LogP contribution is -2.13. The third kappa shape index (κ3) is 1.43. The van der Waals surface area contributed by atoms with Crippen LogP contribution in [0.2, 0.25) is 0 Å². The minimum absolute atomic E-state index is 0.380. The van der Waals surface area contributed by atoms with E-state index in [2.05, 4.69) is 29.1 Å². The fraction of sp³-hybridized carbons (Fsp3) is 0.400. The molecule has 0 amide bonds. The van der Waals surface area contributed by atoms with Gasteiger partial charge in [0.15, 0.2) is 5.65 Å². The number of nitrogens with one attached hydrogen (secondary N) is 1. The topological polar surface area (TPSA) is 42.7 Å². The Morgan fingerprint density at radius 1 is 1.43 bits per heavy atom. The second-order valence-electron chi connectivity index (χ2n) is 3.64. The monoisotopic (exact) mass is 190 g/mol. The van der Waals surface area contributed by atoms with Crippen LogP contribution < -0.4 is 5.32 Å². The van der Waals surface area contributed by atoms with Crippen LogP contribution in [0.25, 0.3) is 11.2 Å². The zero-order valence-corrected chi connectivity index (χ0v) is 8.65. The van der Waals surface area contributed by atoms with Crippen LogP contribution in [0, 0.1) is 0 Å². The highest BCUT2D eigenvalue weighted by atomic mass is 15.2. The quantitative estimate of drug-likeness (QED) is 0.785. The van der Waals surface area contributed by atoms with Crippen molar-refractivity contribution in [3.05, 3.63) is 18.3 Å². The van der Waals surface area contributed by atoms with Crippen molar-refractivity contribution >= 4 is 17.1 Å². The van der Waals surface area contributed by atoms with Crippen molar-refractivity contribution in [3.8, 4) is 0 Å². The maximum atomic E-state index is 4.44. The lowest BCUT2D eigenvalue weighted by Gasteiger charge is -2.08. The number of fused-ring (bicyclic) bond motifs is 1. The van der Waals surface area contributed by atoms with E-state index in [0.717, 1.165) is 17.1 Å². The van der Waals surface area contributed by atoms with Gasteiger partial charge in [0.2, 0.25) is 5.95 Å². The average Bonchev–Trinajstić information content (AvgIpc) is 2.44. The van der Waals surface area contributed by atoms with Crippen molar-refractivity contribution in [1.82, 2.24) is 14.5 Å². The molecule has 74 valence electrons. The van der Waals surface area contributed by atoms with E-state index in [9.17, 15) is 0 Å². The molecule has 2 heterocycles. The maximum absolute atomic E-state index is 4.44. The predicted molar refractivity (Wildman–Crippen MR) is 57.3 cm³/mol. The van der Waals surface area contributed by atoms with Crippen LogP contribution >= 0.6 is 0 Å². The number of hydrogen-bond donors (Lipinski definition) is 1. The summed E-state index contributed by atoms with van der Waals surface area (Å²) in [5.74, 6) is 0.869. The molecule has 0 aromatic carbocycles. The number of imidazole rings is 1. The lowest BCUT2D eigenvalue weighted by molar-refractivity contribution is 0.839. The number of pyridine rings is 1. The standard InChI is InChI=1S/C10H14N4/c1-7(2)12-10-13-8-5-4-6-11-9(8)14(10)3/h4-7H,1-3H3,(H,12,13). The van der Waals surface area contributed by atoms with Crippen molar-refractivity contribution in [2.75, 3.05) is 5.32 Å². The summed E-state index contributed by atoms with van der Waals surface area (Å²) >= 11 is 0. The Kier molecular flexibility index (Phi) is 2.11. The number of nitrogens with zero attached hydrogens (tertiary/aromatic N) is 3. The van der Waals surface area contributed by atoms with Crippen molar-refractivity contribution in [2.24, 2.45) is 7.05 Å². The molecule has 0 fully saturated rings. The number of rotatable bonds is 2. The summed E-state index contributed by atoms with van der Waals surface area (Å²) in [4.78, 5) is 8.71. The van der Waals surface area contributed by atoms with Crippen LogP contribution in [0.15, 0.2) is 18.3 Å². The van der Waals surface area contributed by atoms with E-state index in [1.807, 2.05) is 23.7 Å². The summed E-state index contributed by atoms with van der Waals surface area (Å²) in [6, 6.07) is 4.24. The molecule has 2 aromatic rings. The average molecular weight is 190 g/mol. The van der Waals surface area contributed by atoms with Crippen LogP contribution in [-0.2, 0) is 7.05 Å². The van der Waals surface area contributed by atoms with Gasteiger partial charge in [-0.1, -0.05) is 0 Å². The second kappa shape index (κ2) is 3.29. The highest BCUT2D eigenvalue weighted by Crippen LogP contribution is 2.15. The molecule has 0 aliphatic heterocycles. The molecule has 14 heavy (non-hydrogen) atoms. The first-order chi connectivity index (χ1) is 6.68. The maximum Gasteiger partial charge on any atom is 0.205 e. The zero-order valence-electron chi connectivity index (χ0n) is 8.65. The molecular formula is C10H14N4. The molecular weight excluding hydrogens is 176 g/mol. The van der Waals surface area contributed by atoms with Crippen molar-refractivity contribution in [1.29, 1.82) is 0 Å². The van der Waals surface area contributed by atoms with E-state index in [1.165, 1.54) is 0 Å². The first kappa shape index (κ1) is 8.99. The minimum Gasteiger partial charge on any atom is -0.353 e. The molecule has 0 aliphatic carbocycles. The molecule has 2 rings (SSSR count). The highest BCUT2D eigenvalue weighted by Gasteiger charge is 2.07. The van der Waals surface area contributed by atoms with Gasteiger partial charge in [0.25, 0.3) is 0 Å². The summed E-state index contributed by atoms with van der Waals surface area (Å²) in [7, 11) is 1.97. The largest absolute Gasteiger partial charge is 0.353 e. The Morgan fingerprint density at radius 3 is 2.86 bits per heavy atom. The van der Waals surface area contributed by atoms with Crippen LogP contribution in [0.5, 0.6) is 0 Å². The Morgan fingerprint density at radius 2 is 2.21 bits per heavy atom. The second-order valence-corrected chi connectivity index (χ2v) is 3.64. The van der Waals surface area contributed by atoms with Crippen LogP contribution in [-0.4, -0.2) is 20.6 Å². The number of aromatic nitrogens is 3. The Balaban J connectivity index is 2.51. The van der Waals surface area contributed by atoms with Gasteiger partial charge in [-0.05, 0) is 26.0 Å². The summed E-state index contributed by atoms with van der Waals surface area (Å²) in [6.45, 7) is 4.18. The Hall–Kier alpha value is -1.58. The van der Waals surface area contributed by atoms with E-state index in [4.69, 9.17) is 0 Å². The molecule has 0 aliphatic rings. The van der Waals surface area contributed by atoms with E-state index >= 15 is 0 Å². The number of aryl methyl sites for hydroxylation is 1. The first-order valence-electron chi connectivity index (χ1n) is 4.72. The lowest BCUT2D eigenvalue weighted by atomic mass is 10.4. The van der Waals surface area contributed by atoms with Crippen molar-refractivity contribution in [2.45, 2.75) is 19.9 Å². The molecule has 4 heteroatoms. The van der Waals surface area contributed by atoms with E-state index in [1.54, 1.807) is 6.20 Å². The zero-order chi connectivity index (χ0) is 10.1. The molecule has 0 unspecified atom stereocenters. The van der Waals surface area contributed by atoms with Gasteiger partial charge < -0.3 is 5.32 Å². The van der Waals surface area contributed by atoms with Gasteiger partial charge >= 0.3 is 0 Å². The third-order valence-corrected chi connectivity index (χ3v) is 2.05. The highest BCUT2D eigenvalue weighted by molar-refractivity contribution is 5.74. The molecule has 0 radical (unpaired) electrons. The van der Waals surface area contributed by atoms with E-state index < -0.39 is 0 Å². The molecule has 0 saturated carbocycles. The van der Waals surface area contributed by atoms with Gasteiger partial charge in [0.05, 0.1) is 0 Å². The van der Waals surface area contributed by atoms with Gasteiger partial charge in [0, 0.05) is 19.3 Å². The predicted octanol–water partition coefficient (Wildman–Crippen LogP) is 1.79. The first-order valence-corrected chi connectivity index (χ1v) is 4.72. The SMILES string of the molecule is CC(C)Nc1nc2cccnc2n1C. The van der Waals surface area contributed by atoms with Gasteiger partial charge in [-0.3, -0.25) is 4.57 Å². The normalized spacial score (nSPS) is 11.1. The summed E-state index contributed by atoms with van der Waals surface area (Å²) in [5.41, 5.74) is 1.84. The van der Waals surface area contributed by atoms with Crippen molar-refractivity contribution < 1.29 is 0 Å². The molecule has 0 spiro atoms. The number of hydrogen-bond acceptors (Lipinski definition) is 3. The van der Waals surface area contributed by atoms with Crippen LogP contribution in [0.3, 0.4) is 0 Å². The minimum atomic E-state index is 0.380. The van der Waals surface area contributed by atoms with E-state index in [-0.39, 0.29) is 0 Å². The molecule has 1 N–H and O–H groups in total. The third-order valence-electron chi connectivity index (χ3n) is 2.05. The molecule has 4 nitrogen and oxygen atoms in total. The molecule has 0 saturated heterocycles. The summed E-state index contributed by atoms with van der Waals surface area (Å²) in [5, 5.41) is 3.27. The summed E-state index contributed by atoms with van der Waals surface area (Å²) < 4.78 is 1.97. The van der Waals surface area contributed by atoms with E-state index in [0.29, 0.717) is 6.04 Å². The fourth-order valence-electron chi connectivity index (χ4n) is 1.41. The van der Waals surface area contributed by atoms with Gasteiger partial charge in [-0.25, -0.2) is 9.97 Å². The smallest absolute Gasteiger partial charge is 0.205 e. The number of anilines is 1. The summed E-state index contributed by atoms with van der Waals surface area (Å²) in [6.07, 6.45) is 1.78. The molecule has 0 atom stereocenters. The van der Waals surface area contributed by atoms with Crippen molar-refractivity contribution in [3.63, 3.8) is 0 Å². The van der Waals surface area contributed by atoms with Gasteiger partial charge in [-0.15, -0.1) is 0 Å². The van der Waals surface area contributed by atoms with Gasteiger partial charge in [0.1, 0.15) is 5.52 Å². The molecule has 2 aromatic heterocycles. The van der Waals surface area contributed by atoms with Crippen LogP contribution in [0.4, 0.5) is 5.95 Å². The molecule has 0 bridgehead atoms. The Bertz CT molecular complexity index is 444.